The monoisotopic (exact) mass is 429 g/mol. The number of aromatic nitrogens is 2. The van der Waals surface area contributed by atoms with Gasteiger partial charge in [-0.15, -0.1) is 0 Å². The molecule has 2 aromatic carbocycles. The summed E-state index contributed by atoms with van der Waals surface area (Å²) in [4.78, 5) is 10.7. The molecule has 0 atom stereocenters. The summed E-state index contributed by atoms with van der Waals surface area (Å²) in [6.07, 6.45) is -1.55. The van der Waals surface area contributed by atoms with E-state index in [1.807, 2.05) is 53.4 Å². The van der Waals surface area contributed by atoms with Gasteiger partial charge in [0.15, 0.2) is 0 Å². The van der Waals surface area contributed by atoms with E-state index in [0.717, 1.165) is 22.6 Å². The first-order valence-electron chi connectivity index (χ1n) is 9.71. The van der Waals surface area contributed by atoms with Crippen LogP contribution in [0.25, 0.3) is 0 Å². The van der Waals surface area contributed by atoms with E-state index in [-0.39, 0.29) is 11.4 Å². The molecule has 31 heavy (non-hydrogen) atoms. The minimum atomic E-state index is -2.50. The van der Waals surface area contributed by atoms with Crippen molar-refractivity contribution in [1.82, 2.24) is 9.97 Å². The van der Waals surface area contributed by atoms with Crippen LogP contribution in [0.4, 0.5) is 14.7 Å². The highest BCUT2D eigenvalue weighted by molar-refractivity contribution is 5.40. The topological polar surface area (TPSA) is 56.7 Å². The Labute approximate surface area is 180 Å². The molecule has 0 bridgehead atoms. The molecule has 0 aliphatic carbocycles. The number of hydrogen-bond acceptors (Lipinski definition) is 6. The average Bonchev–Trinajstić information content (AvgIpc) is 2.79. The van der Waals surface area contributed by atoms with Gasteiger partial charge in [0.25, 0.3) is 0 Å². The number of ether oxygens (including phenoxy) is 3. The van der Waals surface area contributed by atoms with Crippen LogP contribution < -0.4 is 19.1 Å². The SMILES string of the molecule is COc1ccc(CN(Cc2ccc(OC)cc2)c2ncc(CC(F)F)c(OC)n2)cc1. The standard InChI is InChI=1S/C23H25F2N3O3/c1-29-19-8-4-16(5-9-19)14-28(15-17-6-10-20(30-2)11-7-17)23-26-13-18(12-21(24)25)22(27-23)31-3/h4-11,13,21H,12,14-15H2,1-3H3. The van der Waals surface area contributed by atoms with E-state index in [0.29, 0.717) is 19.0 Å². The first kappa shape index (κ1) is 22.3. The quantitative estimate of drug-likeness (QED) is 0.473. The van der Waals surface area contributed by atoms with Crippen molar-refractivity contribution in [2.75, 3.05) is 26.2 Å². The van der Waals surface area contributed by atoms with Gasteiger partial charge in [-0.05, 0) is 35.4 Å². The fraction of sp³-hybridized carbons (Fsp3) is 0.304. The number of rotatable bonds is 10. The highest BCUT2D eigenvalue weighted by Gasteiger charge is 2.17. The summed E-state index contributed by atoms with van der Waals surface area (Å²) in [7, 11) is 4.65. The number of benzene rings is 2. The lowest BCUT2D eigenvalue weighted by atomic mass is 10.1. The molecule has 0 saturated heterocycles. The third-order valence-corrected chi connectivity index (χ3v) is 4.73. The van der Waals surface area contributed by atoms with E-state index in [2.05, 4.69) is 9.97 Å². The van der Waals surface area contributed by atoms with Gasteiger partial charge in [-0.1, -0.05) is 24.3 Å². The van der Waals surface area contributed by atoms with E-state index >= 15 is 0 Å². The Balaban J connectivity index is 1.91. The van der Waals surface area contributed by atoms with Gasteiger partial charge < -0.3 is 19.1 Å². The molecule has 3 rings (SSSR count). The lowest BCUT2D eigenvalue weighted by Crippen LogP contribution is -2.24. The molecule has 1 aromatic heterocycles. The molecule has 0 aliphatic heterocycles. The summed E-state index contributed by atoms with van der Waals surface area (Å²) in [6.45, 7) is 1.01. The Hall–Kier alpha value is -3.42. The molecule has 164 valence electrons. The molecule has 0 spiro atoms. The number of alkyl halides is 2. The van der Waals surface area contributed by atoms with Crippen LogP contribution in [0.2, 0.25) is 0 Å². The summed E-state index contributed by atoms with van der Waals surface area (Å²) >= 11 is 0. The highest BCUT2D eigenvalue weighted by atomic mass is 19.3. The average molecular weight is 429 g/mol. The molecule has 1 heterocycles. The second kappa shape index (κ2) is 10.6. The Kier molecular flexibility index (Phi) is 7.59. The second-order valence-electron chi connectivity index (χ2n) is 6.85. The lowest BCUT2D eigenvalue weighted by molar-refractivity contribution is 0.147. The van der Waals surface area contributed by atoms with Crippen LogP contribution >= 0.6 is 0 Å². The fourth-order valence-corrected chi connectivity index (χ4v) is 3.12. The summed E-state index contributed by atoms with van der Waals surface area (Å²) in [5, 5.41) is 0. The predicted octanol–water partition coefficient (Wildman–Crippen LogP) is 4.52. The molecule has 0 saturated carbocycles. The molecular formula is C23H25F2N3O3. The Morgan fingerprint density at radius 3 is 1.74 bits per heavy atom. The number of nitrogens with zero attached hydrogens (tertiary/aromatic N) is 3. The molecular weight excluding hydrogens is 404 g/mol. The maximum Gasteiger partial charge on any atom is 0.242 e. The van der Waals surface area contributed by atoms with Crippen molar-refractivity contribution in [2.24, 2.45) is 0 Å². The van der Waals surface area contributed by atoms with Crippen LogP contribution in [-0.4, -0.2) is 37.7 Å². The van der Waals surface area contributed by atoms with Crippen LogP contribution in [-0.2, 0) is 19.5 Å². The predicted molar refractivity (Wildman–Crippen MR) is 114 cm³/mol. The first-order chi connectivity index (χ1) is 15.0. The number of hydrogen-bond donors (Lipinski definition) is 0. The van der Waals surface area contributed by atoms with E-state index in [1.54, 1.807) is 14.2 Å². The third-order valence-electron chi connectivity index (χ3n) is 4.73. The van der Waals surface area contributed by atoms with E-state index in [1.165, 1.54) is 13.3 Å². The smallest absolute Gasteiger partial charge is 0.242 e. The molecule has 0 N–H and O–H groups in total. The summed E-state index contributed by atoms with van der Waals surface area (Å²) < 4.78 is 41.4. The second-order valence-corrected chi connectivity index (χ2v) is 6.85. The van der Waals surface area contributed by atoms with E-state index in [4.69, 9.17) is 14.2 Å². The summed E-state index contributed by atoms with van der Waals surface area (Å²) in [6, 6.07) is 15.4. The molecule has 8 heteroatoms. The maximum absolute atomic E-state index is 12.9. The van der Waals surface area contributed by atoms with Crippen molar-refractivity contribution in [3.8, 4) is 17.4 Å². The third kappa shape index (κ3) is 6.04. The summed E-state index contributed by atoms with van der Waals surface area (Å²) in [5.74, 6) is 2.07. The Morgan fingerprint density at radius 2 is 1.32 bits per heavy atom. The Bertz CT molecular complexity index is 917. The van der Waals surface area contributed by atoms with Crippen molar-refractivity contribution in [1.29, 1.82) is 0 Å². The normalized spacial score (nSPS) is 10.8. The largest absolute Gasteiger partial charge is 0.497 e. The number of halogens is 2. The highest BCUT2D eigenvalue weighted by Crippen LogP contribution is 2.24. The van der Waals surface area contributed by atoms with Gasteiger partial charge in [-0.25, -0.2) is 13.8 Å². The van der Waals surface area contributed by atoms with Crippen molar-refractivity contribution in [3.63, 3.8) is 0 Å². The van der Waals surface area contributed by atoms with Gasteiger partial charge >= 0.3 is 0 Å². The summed E-state index contributed by atoms with van der Waals surface area (Å²) in [5.41, 5.74) is 2.32. The zero-order chi connectivity index (χ0) is 22.2. The zero-order valence-corrected chi connectivity index (χ0v) is 17.7. The van der Waals surface area contributed by atoms with Gasteiger partial charge in [-0.3, -0.25) is 0 Å². The minimum Gasteiger partial charge on any atom is -0.497 e. The Morgan fingerprint density at radius 1 is 0.806 bits per heavy atom. The lowest BCUT2D eigenvalue weighted by Gasteiger charge is -2.24. The fourth-order valence-electron chi connectivity index (χ4n) is 3.12. The van der Waals surface area contributed by atoms with Crippen molar-refractivity contribution in [2.45, 2.75) is 25.9 Å². The van der Waals surface area contributed by atoms with Crippen LogP contribution in [0.1, 0.15) is 16.7 Å². The van der Waals surface area contributed by atoms with Crippen molar-refractivity contribution < 1.29 is 23.0 Å². The van der Waals surface area contributed by atoms with Crippen LogP contribution in [0.3, 0.4) is 0 Å². The van der Waals surface area contributed by atoms with Crippen molar-refractivity contribution >= 4 is 5.95 Å². The van der Waals surface area contributed by atoms with Crippen LogP contribution in [0, 0.1) is 0 Å². The molecule has 0 fully saturated rings. The van der Waals surface area contributed by atoms with Gasteiger partial charge in [0.2, 0.25) is 18.3 Å². The van der Waals surface area contributed by atoms with E-state index in [9.17, 15) is 8.78 Å². The van der Waals surface area contributed by atoms with Crippen molar-refractivity contribution in [3.05, 3.63) is 71.4 Å². The van der Waals surface area contributed by atoms with Gasteiger partial charge in [0.05, 0.1) is 21.3 Å². The molecule has 3 aromatic rings. The molecule has 0 radical (unpaired) electrons. The van der Waals surface area contributed by atoms with Gasteiger partial charge in [0.1, 0.15) is 11.5 Å². The van der Waals surface area contributed by atoms with E-state index < -0.39 is 12.8 Å². The van der Waals surface area contributed by atoms with Crippen LogP contribution in [0.15, 0.2) is 54.7 Å². The first-order valence-corrected chi connectivity index (χ1v) is 9.71. The van der Waals surface area contributed by atoms with Gasteiger partial charge in [0, 0.05) is 31.3 Å². The van der Waals surface area contributed by atoms with Crippen LogP contribution in [0.5, 0.6) is 17.4 Å². The van der Waals surface area contributed by atoms with Gasteiger partial charge in [-0.2, -0.15) is 4.98 Å². The zero-order valence-electron chi connectivity index (χ0n) is 17.7. The molecule has 0 aliphatic rings. The minimum absolute atomic E-state index is 0.153. The molecule has 6 nitrogen and oxygen atoms in total. The number of anilines is 1. The molecule has 0 unspecified atom stereocenters. The number of methoxy groups -OCH3 is 3. The molecule has 0 amide bonds. The maximum atomic E-state index is 12.9.